The summed E-state index contributed by atoms with van der Waals surface area (Å²) >= 11 is 0. The van der Waals surface area contributed by atoms with E-state index in [1.54, 1.807) is 0 Å². The third-order valence-corrected chi connectivity index (χ3v) is 3.03. The number of carbonyl (C=O) groups is 1. The van der Waals surface area contributed by atoms with Crippen molar-refractivity contribution in [3.05, 3.63) is 0 Å². The van der Waals surface area contributed by atoms with Crippen LogP contribution in [0.15, 0.2) is 0 Å². The van der Waals surface area contributed by atoms with Crippen LogP contribution in [0, 0.1) is 23.2 Å². The van der Waals surface area contributed by atoms with Gasteiger partial charge in [-0.3, -0.25) is 4.79 Å². The van der Waals surface area contributed by atoms with Crippen LogP contribution in [0.4, 0.5) is 0 Å². The molecule has 0 rings (SSSR count). The zero-order valence-corrected chi connectivity index (χ0v) is 11.3. The Morgan fingerprint density at radius 2 is 1.88 bits per heavy atom. The van der Waals surface area contributed by atoms with Gasteiger partial charge < -0.3 is 5.11 Å². The summed E-state index contributed by atoms with van der Waals surface area (Å²) in [4.78, 5) is 10.9. The second kappa shape index (κ2) is 5.50. The Balaban J connectivity index is 5.08. The fraction of sp³-hybridized carbons (Fsp3) is 0.786. The summed E-state index contributed by atoms with van der Waals surface area (Å²) in [7, 11) is 0. The summed E-state index contributed by atoms with van der Waals surface area (Å²) in [5.41, 5.74) is -1.44. The van der Waals surface area contributed by atoms with Gasteiger partial charge in [0.05, 0.1) is 0 Å². The van der Waals surface area contributed by atoms with Crippen LogP contribution in [0.25, 0.3) is 0 Å². The minimum atomic E-state index is -1.09. The normalized spacial score (nSPS) is 16.9. The van der Waals surface area contributed by atoms with Crippen molar-refractivity contribution < 1.29 is 9.90 Å². The first kappa shape index (κ1) is 15.2. The van der Waals surface area contributed by atoms with Gasteiger partial charge in [0, 0.05) is 12.3 Å². The lowest BCUT2D eigenvalue weighted by molar-refractivity contribution is -0.112. The van der Waals surface area contributed by atoms with Gasteiger partial charge in [0.15, 0.2) is 0 Å². The summed E-state index contributed by atoms with van der Waals surface area (Å²) in [6.07, 6.45) is 1.60. The lowest BCUT2D eigenvalue weighted by Crippen LogP contribution is -2.43. The molecule has 0 spiro atoms. The van der Waals surface area contributed by atoms with Crippen LogP contribution in [0.2, 0.25) is 0 Å². The van der Waals surface area contributed by atoms with Crippen molar-refractivity contribution in [2.24, 2.45) is 11.3 Å². The van der Waals surface area contributed by atoms with Crippen molar-refractivity contribution in [3.63, 3.8) is 0 Å². The molecule has 2 unspecified atom stereocenters. The number of Topliss-reactive ketones (excluding diaryl/α,β-unsaturated/α-hetero) is 1. The van der Waals surface area contributed by atoms with Gasteiger partial charge in [0.25, 0.3) is 0 Å². The smallest absolute Gasteiger partial charge is 0.202 e. The second-order valence-corrected chi connectivity index (χ2v) is 5.63. The molecule has 0 bridgehead atoms. The van der Waals surface area contributed by atoms with E-state index in [1.165, 1.54) is 6.92 Å². The van der Waals surface area contributed by atoms with E-state index in [9.17, 15) is 9.90 Å². The van der Waals surface area contributed by atoms with Crippen molar-refractivity contribution in [3.8, 4) is 11.8 Å². The number of hydrogen-bond donors (Lipinski definition) is 1. The van der Waals surface area contributed by atoms with E-state index in [4.69, 9.17) is 0 Å². The van der Waals surface area contributed by atoms with E-state index >= 15 is 0 Å². The SMILES string of the molecule is CCC(C)CC(O)(C#CC(C)=O)C(C)(C)C. The van der Waals surface area contributed by atoms with Crippen LogP contribution in [0.1, 0.15) is 54.4 Å². The minimum absolute atomic E-state index is 0.202. The van der Waals surface area contributed by atoms with Crippen LogP contribution in [0.3, 0.4) is 0 Å². The van der Waals surface area contributed by atoms with Crippen LogP contribution in [-0.2, 0) is 4.79 Å². The van der Waals surface area contributed by atoms with Crippen molar-refractivity contribution in [2.75, 3.05) is 0 Å². The molecule has 0 saturated heterocycles. The van der Waals surface area contributed by atoms with E-state index in [1.807, 2.05) is 20.8 Å². The first-order valence-electron chi connectivity index (χ1n) is 5.88. The highest BCUT2D eigenvalue weighted by Gasteiger charge is 2.39. The number of aliphatic hydroxyl groups is 1. The van der Waals surface area contributed by atoms with Gasteiger partial charge in [-0.2, -0.15) is 0 Å². The highest BCUT2D eigenvalue weighted by molar-refractivity contribution is 5.93. The first-order chi connectivity index (χ1) is 7.12. The highest BCUT2D eigenvalue weighted by Crippen LogP contribution is 2.35. The predicted molar refractivity (Wildman–Crippen MR) is 66.9 cm³/mol. The Morgan fingerprint density at radius 1 is 1.38 bits per heavy atom. The molecule has 2 nitrogen and oxygen atoms in total. The lowest BCUT2D eigenvalue weighted by atomic mass is 9.72. The van der Waals surface area contributed by atoms with E-state index in [2.05, 4.69) is 25.7 Å². The van der Waals surface area contributed by atoms with E-state index in [0.717, 1.165) is 6.42 Å². The zero-order valence-electron chi connectivity index (χ0n) is 11.3. The van der Waals surface area contributed by atoms with E-state index < -0.39 is 5.60 Å². The Bertz CT molecular complexity index is 301. The zero-order chi connectivity index (χ0) is 13.0. The Labute approximate surface area is 99.4 Å². The lowest BCUT2D eigenvalue weighted by Gasteiger charge is -2.37. The molecule has 0 aliphatic carbocycles. The second-order valence-electron chi connectivity index (χ2n) is 5.63. The first-order valence-corrected chi connectivity index (χ1v) is 5.88. The Morgan fingerprint density at radius 3 is 2.19 bits per heavy atom. The fourth-order valence-corrected chi connectivity index (χ4v) is 1.38. The molecule has 16 heavy (non-hydrogen) atoms. The van der Waals surface area contributed by atoms with E-state index in [-0.39, 0.29) is 11.2 Å². The molecule has 0 aromatic carbocycles. The quantitative estimate of drug-likeness (QED) is 0.591. The maximum atomic E-state index is 10.9. The van der Waals surface area contributed by atoms with Gasteiger partial charge >= 0.3 is 0 Å². The molecule has 2 atom stereocenters. The fourth-order valence-electron chi connectivity index (χ4n) is 1.38. The molecule has 0 radical (unpaired) electrons. The predicted octanol–water partition coefficient (Wildman–Crippen LogP) is 2.79. The summed E-state index contributed by atoms with van der Waals surface area (Å²) < 4.78 is 0. The number of ketones is 1. The van der Waals surface area contributed by atoms with Crippen LogP contribution >= 0.6 is 0 Å². The molecule has 92 valence electrons. The molecule has 0 aromatic rings. The summed E-state index contributed by atoms with van der Waals surface area (Å²) in [6.45, 7) is 11.4. The molecule has 0 saturated carbocycles. The molecule has 0 aromatic heterocycles. The average Bonchev–Trinajstić information content (AvgIpc) is 2.12. The Kier molecular flexibility index (Phi) is 5.22. The van der Waals surface area contributed by atoms with Crippen molar-refractivity contribution in [1.29, 1.82) is 0 Å². The Hall–Kier alpha value is -0.810. The number of carbonyl (C=O) groups excluding carboxylic acids is 1. The molecule has 0 heterocycles. The van der Waals surface area contributed by atoms with Gasteiger partial charge in [-0.05, 0) is 18.3 Å². The maximum Gasteiger partial charge on any atom is 0.202 e. The summed E-state index contributed by atoms with van der Waals surface area (Å²) in [5, 5.41) is 10.6. The molecule has 0 aliphatic rings. The maximum absolute atomic E-state index is 10.9. The number of hydrogen-bond acceptors (Lipinski definition) is 2. The van der Waals surface area contributed by atoms with Crippen LogP contribution < -0.4 is 0 Å². The van der Waals surface area contributed by atoms with Gasteiger partial charge in [0.2, 0.25) is 5.78 Å². The van der Waals surface area contributed by atoms with Gasteiger partial charge in [0.1, 0.15) is 5.60 Å². The van der Waals surface area contributed by atoms with Crippen molar-refractivity contribution >= 4 is 5.78 Å². The molecule has 2 heteroatoms. The molecular weight excluding hydrogens is 200 g/mol. The summed E-state index contributed by atoms with van der Waals surface area (Å²) in [6, 6.07) is 0. The monoisotopic (exact) mass is 224 g/mol. The van der Waals surface area contributed by atoms with Crippen LogP contribution in [-0.4, -0.2) is 16.5 Å². The topological polar surface area (TPSA) is 37.3 Å². The third-order valence-electron chi connectivity index (χ3n) is 3.03. The minimum Gasteiger partial charge on any atom is -0.377 e. The largest absolute Gasteiger partial charge is 0.377 e. The standard InChI is InChI=1S/C14H24O2/c1-7-11(2)10-14(16,13(4,5)6)9-8-12(3)15/h11,16H,7,10H2,1-6H3. The number of rotatable bonds is 3. The van der Waals surface area contributed by atoms with Crippen molar-refractivity contribution in [1.82, 2.24) is 0 Å². The summed E-state index contributed by atoms with van der Waals surface area (Å²) in [5.74, 6) is 5.43. The van der Waals surface area contributed by atoms with Crippen molar-refractivity contribution in [2.45, 2.75) is 60.0 Å². The highest BCUT2D eigenvalue weighted by atomic mass is 16.3. The van der Waals surface area contributed by atoms with Gasteiger partial charge in [-0.15, -0.1) is 0 Å². The van der Waals surface area contributed by atoms with Gasteiger partial charge in [-0.1, -0.05) is 47.0 Å². The average molecular weight is 224 g/mol. The molecule has 1 N–H and O–H groups in total. The molecular formula is C14H24O2. The third kappa shape index (κ3) is 4.37. The molecule has 0 amide bonds. The molecule has 0 fully saturated rings. The van der Waals surface area contributed by atoms with Crippen LogP contribution in [0.5, 0.6) is 0 Å². The van der Waals surface area contributed by atoms with E-state index in [0.29, 0.717) is 12.3 Å². The molecule has 0 aliphatic heterocycles. The van der Waals surface area contributed by atoms with Gasteiger partial charge in [-0.25, -0.2) is 0 Å².